The van der Waals surface area contributed by atoms with Crippen LogP contribution in [0.2, 0.25) is 0 Å². The molecule has 0 aromatic rings. The predicted molar refractivity (Wildman–Crippen MR) is 61.5 cm³/mol. The zero-order valence-electron chi connectivity index (χ0n) is 8.60. The third-order valence-electron chi connectivity index (χ3n) is 3.63. The number of piperidine rings is 1. The normalized spacial score (nSPS) is 30.5. The van der Waals surface area contributed by atoms with Crippen LogP contribution in [0.5, 0.6) is 0 Å². The van der Waals surface area contributed by atoms with Crippen LogP contribution >= 0.6 is 35.8 Å². The first-order chi connectivity index (χ1) is 7.63. The van der Waals surface area contributed by atoms with E-state index in [-0.39, 0.29) is 18.3 Å². The van der Waals surface area contributed by atoms with Crippen molar-refractivity contribution >= 4 is 41.7 Å². The minimum Gasteiger partial charge on any atom is -0.335 e. The molecule has 0 radical (unpaired) electrons. The molecule has 1 saturated carbocycles. The standard InChI is InChI=1S/C9H10Cl2F3NOS/c10-8(11)5(17)7(8)1-3-15(4-2-7)6(16)9(12,13)14/h5,17H,1-4H2. The SMILES string of the molecule is O=C(N1CCC2(CC1)C(S)C2(Cl)Cl)C(F)(F)F. The summed E-state index contributed by atoms with van der Waals surface area (Å²) in [4.78, 5) is 11.8. The Morgan fingerprint density at radius 2 is 1.71 bits per heavy atom. The summed E-state index contributed by atoms with van der Waals surface area (Å²) in [6, 6.07) is 0. The maximum atomic E-state index is 12.2. The van der Waals surface area contributed by atoms with Gasteiger partial charge in [-0.2, -0.15) is 25.8 Å². The molecule has 0 aromatic heterocycles. The van der Waals surface area contributed by atoms with Gasteiger partial charge in [-0.25, -0.2) is 0 Å². The lowest BCUT2D eigenvalue weighted by Crippen LogP contribution is -2.46. The highest BCUT2D eigenvalue weighted by molar-refractivity contribution is 7.81. The molecule has 2 fully saturated rings. The summed E-state index contributed by atoms with van der Waals surface area (Å²) in [6.45, 7) is 0.0488. The molecule has 1 aliphatic carbocycles. The monoisotopic (exact) mass is 307 g/mol. The molecule has 8 heteroatoms. The lowest BCUT2D eigenvalue weighted by Gasteiger charge is -2.33. The molecular formula is C9H10Cl2F3NOS. The summed E-state index contributed by atoms with van der Waals surface area (Å²) >= 11 is 16.3. The molecule has 1 amide bonds. The van der Waals surface area contributed by atoms with E-state index in [1.54, 1.807) is 0 Å². The molecule has 1 aliphatic heterocycles. The van der Waals surface area contributed by atoms with Crippen molar-refractivity contribution in [3.8, 4) is 0 Å². The molecule has 2 rings (SSSR count). The van der Waals surface area contributed by atoms with Gasteiger partial charge in [0.25, 0.3) is 0 Å². The fourth-order valence-electron chi connectivity index (χ4n) is 2.38. The van der Waals surface area contributed by atoms with Gasteiger partial charge >= 0.3 is 12.1 Å². The number of carbonyl (C=O) groups excluding carboxylic acids is 1. The zero-order chi connectivity index (χ0) is 13.1. The fourth-order valence-corrected chi connectivity index (χ4v) is 4.08. The summed E-state index contributed by atoms with van der Waals surface area (Å²) in [6.07, 6.45) is -4.10. The maximum absolute atomic E-state index is 12.2. The number of thiol groups is 1. The fraction of sp³-hybridized carbons (Fsp3) is 0.889. The van der Waals surface area contributed by atoms with Gasteiger partial charge in [0.1, 0.15) is 4.33 Å². The minimum absolute atomic E-state index is 0.0244. The van der Waals surface area contributed by atoms with Gasteiger partial charge in [0.05, 0.1) is 0 Å². The van der Waals surface area contributed by atoms with Crippen LogP contribution in [0.4, 0.5) is 13.2 Å². The van der Waals surface area contributed by atoms with Crippen LogP contribution in [-0.4, -0.2) is 39.7 Å². The van der Waals surface area contributed by atoms with Crippen molar-refractivity contribution in [3.05, 3.63) is 0 Å². The van der Waals surface area contributed by atoms with E-state index in [1.807, 2.05) is 0 Å². The first-order valence-electron chi connectivity index (χ1n) is 5.05. The van der Waals surface area contributed by atoms with Crippen molar-refractivity contribution in [2.24, 2.45) is 5.41 Å². The third-order valence-corrected chi connectivity index (χ3v) is 6.01. The van der Waals surface area contributed by atoms with E-state index in [4.69, 9.17) is 23.2 Å². The quantitative estimate of drug-likeness (QED) is 0.539. The number of alkyl halides is 5. The van der Waals surface area contributed by atoms with Gasteiger partial charge in [0.2, 0.25) is 0 Å². The number of hydrogen-bond donors (Lipinski definition) is 1. The molecule has 1 heterocycles. The van der Waals surface area contributed by atoms with Crippen LogP contribution in [0.3, 0.4) is 0 Å². The van der Waals surface area contributed by atoms with Crippen molar-refractivity contribution < 1.29 is 18.0 Å². The highest BCUT2D eigenvalue weighted by Gasteiger charge is 2.74. The molecule has 1 saturated heterocycles. The van der Waals surface area contributed by atoms with Gasteiger partial charge in [0.15, 0.2) is 0 Å². The average Bonchev–Trinajstić information content (AvgIpc) is 2.63. The van der Waals surface area contributed by atoms with Crippen molar-refractivity contribution in [1.29, 1.82) is 0 Å². The Morgan fingerprint density at radius 3 is 2.00 bits per heavy atom. The number of carbonyl (C=O) groups is 1. The van der Waals surface area contributed by atoms with E-state index in [2.05, 4.69) is 12.6 Å². The number of likely N-dealkylation sites (tertiary alicyclic amines) is 1. The second-order valence-electron chi connectivity index (χ2n) is 4.47. The molecule has 98 valence electrons. The van der Waals surface area contributed by atoms with Crippen LogP contribution in [0.1, 0.15) is 12.8 Å². The van der Waals surface area contributed by atoms with E-state index in [0.717, 1.165) is 4.90 Å². The summed E-state index contributed by atoms with van der Waals surface area (Å²) in [5.41, 5.74) is -0.443. The summed E-state index contributed by atoms with van der Waals surface area (Å²) in [5.74, 6) is -1.79. The Balaban J connectivity index is 1.99. The molecule has 2 nitrogen and oxygen atoms in total. The summed E-state index contributed by atoms with van der Waals surface area (Å²) in [5, 5.41) is -0.235. The summed E-state index contributed by atoms with van der Waals surface area (Å²) < 4.78 is 35.7. The molecule has 0 aromatic carbocycles. The third kappa shape index (κ3) is 1.92. The highest BCUT2D eigenvalue weighted by Crippen LogP contribution is 2.71. The van der Waals surface area contributed by atoms with Crippen molar-refractivity contribution in [2.75, 3.05) is 13.1 Å². The molecule has 1 unspecified atom stereocenters. The largest absolute Gasteiger partial charge is 0.471 e. The van der Waals surface area contributed by atoms with E-state index < -0.39 is 21.8 Å². The van der Waals surface area contributed by atoms with Gasteiger partial charge in [-0.1, -0.05) is 23.2 Å². The Labute approximate surface area is 112 Å². The van der Waals surface area contributed by atoms with Crippen LogP contribution in [-0.2, 0) is 4.79 Å². The van der Waals surface area contributed by atoms with E-state index in [0.29, 0.717) is 12.8 Å². The number of hydrogen-bond acceptors (Lipinski definition) is 2. The molecule has 1 spiro atoms. The first-order valence-corrected chi connectivity index (χ1v) is 6.32. The van der Waals surface area contributed by atoms with E-state index in [9.17, 15) is 18.0 Å². The molecule has 17 heavy (non-hydrogen) atoms. The molecule has 0 N–H and O–H groups in total. The summed E-state index contributed by atoms with van der Waals surface area (Å²) in [7, 11) is 0. The van der Waals surface area contributed by atoms with Gasteiger partial charge in [-0.05, 0) is 12.8 Å². The number of rotatable bonds is 0. The lowest BCUT2D eigenvalue weighted by molar-refractivity contribution is -0.186. The van der Waals surface area contributed by atoms with E-state index >= 15 is 0 Å². The Morgan fingerprint density at radius 1 is 1.29 bits per heavy atom. The van der Waals surface area contributed by atoms with Gasteiger partial charge in [-0.15, -0.1) is 0 Å². The molecule has 1 atom stereocenters. The maximum Gasteiger partial charge on any atom is 0.471 e. The van der Waals surface area contributed by atoms with Gasteiger partial charge in [0, 0.05) is 23.8 Å². The lowest BCUT2D eigenvalue weighted by atomic mass is 9.93. The van der Waals surface area contributed by atoms with E-state index in [1.165, 1.54) is 0 Å². The highest BCUT2D eigenvalue weighted by atomic mass is 35.5. The molecular weight excluding hydrogens is 298 g/mol. The second-order valence-corrected chi connectivity index (χ2v) is 6.37. The van der Waals surface area contributed by atoms with Crippen LogP contribution < -0.4 is 0 Å². The number of amides is 1. The Kier molecular flexibility index (Phi) is 3.08. The van der Waals surface area contributed by atoms with Crippen molar-refractivity contribution in [3.63, 3.8) is 0 Å². The van der Waals surface area contributed by atoms with Crippen LogP contribution in [0.25, 0.3) is 0 Å². The topological polar surface area (TPSA) is 20.3 Å². The molecule has 2 aliphatic rings. The second kappa shape index (κ2) is 3.84. The Bertz CT molecular complexity index is 353. The van der Waals surface area contributed by atoms with Gasteiger partial charge < -0.3 is 4.90 Å². The predicted octanol–water partition coefficient (Wildman–Crippen LogP) is 2.64. The first kappa shape index (κ1) is 13.6. The van der Waals surface area contributed by atoms with Crippen LogP contribution in [0, 0.1) is 5.41 Å². The number of nitrogens with zero attached hydrogens (tertiary/aromatic N) is 1. The van der Waals surface area contributed by atoms with Gasteiger partial charge in [-0.3, -0.25) is 4.79 Å². The average molecular weight is 308 g/mol. The van der Waals surface area contributed by atoms with Crippen LogP contribution in [0.15, 0.2) is 0 Å². The molecule has 0 bridgehead atoms. The smallest absolute Gasteiger partial charge is 0.335 e. The minimum atomic E-state index is -4.81. The Hall–Kier alpha value is 0.190. The van der Waals surface area contributed by atoms with Crippen molar-refractivity contribution in [1.82, 2.24) is 4.90 Å². The van der Waals surface area contributed by atoms with Crippen molar-refractivity contribution in [2.45, 2.75) is 28.6 Å². The number of halogens is 5. The zero-order valence-corrected chi connectivity index (χ0v) is 11.0.